The van der Waals surface area contributed by atoms with Crippen molar-refractivity contribution in [2.45, 2.75) is 26.9 Å². The number of carbonyl (C=O) groups excluding carboxylic acids is 2. The number of hydrogen-bond acceptors (Lipinski definition) is 7. The van der Waals surface area contributed by atoms with Gasteiger partial charge in [0.25, 0.3) is 11.6 Å². The van der Waals surface area contributed by atoms with Crippen molar-refractivity contribution < 1.29 is 28.7 Å². The molecule has 0 aliphatic heterocycles. The molecule has 0 bridgehead atoms. The maximum Gasteiger partial charge on any atom is 0.346 e. The van der Waals surface area contributed by atoms with Crippen molar-refractivity contribution in [3.05, 3.63) is 58.1 Å². The second-order valence-corrected chi connectivity index (χ2v) is 6.18. The van der Waals surface area contributed by atoms with E-state index in [-0.39, 0.29) is 23.7 Å². The largest absolute Gasteiger partial charge is 0.493 e. The average molecular weight is 416 g/mol. The lowest BCUT2D eigenvalue weighted by molar-refractivity contribution is -0.385. The Balaban J connectivity index is 2.29. The van der Waals surface area contributed by atoms with Crippen LogP contribution in [0.25, 0.3) is 0 Å². The van der Waals surface area contributed by atoms with Gasteiger partial charge in [0, 0.05) is 18.3 Å². The molecule has 0 saturated heterocycles. The number of para-hydroxylation sites is 1. The molecule has 1 amide bonds. The monoisotopic (exact) mass is 416 g/mol. The minimum atomic E-state index is -1.16. The fourth-order valence-corrected chi connectivity index (χ4v) is 2.86. The van der Waals surface area contributed by atoms with Crippen LogP contribution >= 0.6 is 0 Å². The Kier molecular flexibility index (Phi) is 7.74. The van der Waals surface area contributed by atoms with Crippen LogP contribution in [0.3, 0.4) is 0 Å². The van der Waals surface area contributed by atoms with Crippen molar-refractivity contribution in [2.75, 3.05) is 25.2 Å². The second-order valence-electron chi connectivity index (χ2n) is 6.18. The van der Waals surface area contributed by atoms with Gasteiger partial charge >= 0.3 is 5.97 Å². The average Bonchev–Trinajstić information content (AvgIpc) is 2.74. The molecule has 1 atom stereocenters. The number of nitro groups is 1. The number of carbonyl (C=O) groups is 2. The first kappa shape index (κ1) is 22.7. The van der Waals surface area contributed by atoms with Gasteiger partial charge < -0.3 is 19.1 Å². The zero-order chi connectivity index (χ0) is 22.3. The van der Waals surface area contributed by atoms with Gasteiger partial charge in [-0.15, -0.1) is 0 Å². The molecule has 9 nitrogen and oxygen atoms in total. The number of methoxy groups -OCH3 is 1. The normalized spacial score (nSPS) is 11.3. The third-order valence-corrected chi connectivity index (χ3v) is 4.28. The minimum absolute atomic E-state index is 0.133. The van der Waals surface area contributed by atoms with Crippen LogP contribution in [0.5, 0.6) is 11.5 Å². The number of benzene rings is 2. The number of amides is 1. The number of hydrogen-bond donors (Lipinski definition) is 0. The molecule has 0 aliphatic carbocycles. The quantitative estimate of drug-likeness (QED) is 0.349. The lowest BCUT2D eigenvalue weighted by Gasteiger charge is -2.24. The maximum absolute atomic E-state index is 12.8. The van der Waals surface area contributed by atoms with Gasteiger partial charge in [-0.05, 0) is 32.9 Å². The van der Waals surface area contributed by atoms with Crippen LogP contribution in [-0.2, 0) is 9.53 Å². The van der Waals surface area contributed by atoms with E-state index in [0.29, 0.717) is 12.2 Å². The fourth-order valence-electron chi connectivity index (χ4n) is 2.86. The highest BCUT2D eigenvalue weighted by molar-refractivity contribution is 6.00. The van der Waals surface area contributed by atoms with Crippen LogP contribution in [-0.4, -0.2) is 43.2 Å². The molecule has 0 fully saturated rings. The lowest BCUT2D eigenvalue weighted by atomic mass is 10.1. The van der Waals surface area contributed by atoms with Crippen molar-refractivity contribution in [1.82, 2.24) is 0 Å². The predicted octanol–water partition coefficient (Wildman–Crippen LogP) is 3.60. The summed E-state index contributed by atoms with van der Waals surface area (Å²) < 4.78 is 15.7. The summed E-state index contributed by atoms with van der Waals surface area (Å²) in [4.78, 5) is 37.7. The summed E-state index contributed by atoms with van der Waals surface area (Å²) in [7, 11) is 1.35. The zero-order valence-electron chi connectivity index (χ0n) is 17.3. The third-order valence-electron chi connectivity index (χ3n) is 4.28. The highest BCUT2D eigenvalue weighted by atomic mass is 16.6. The summed E-state index contributed by atoms with van der Waals surface area (Å²) in [5.41, 5.74) is -0.177. The van der Waals surface area contributed by atoms with Gasteiger partial charge in [-0.25, -0.2) is 4.79 Å². The van der Waals surface area contributed by atoms with E-state index in [4.69, 9.17) is 14.2 Å². The molecular weight excluding hydrogens is 392 g/mol. The van der Waals surface area contributed by atoms with Crippen LogP contribution < -0.4 is 14.4 Å². The van der Waals surface area contributed by atoms with Crippen molar-refractivity contribution in [3.63, 3.8) is 0 Å². The van der Waals surface area contributed by atoms with E-state index in [1.807, 2.05) is 6.07 Å². The molecule has 160 valence electrons. The maximum atomic E-state index is 12.8. The topological polar surface area (TPSA) is 108 Å². The molecule has 30 heavy (non-hydrogen) atoms. The van der Waals surface area contributed by atoms with Crippen molar-refractivity contribution in [2.24, 2.45) is 0 Å². The Hall–Kier alpha value is -3.62. The third kappa shape index (κ3) is 5.05. The Morgan fingerprint density at radius 2 is 1.80 bits per heavy atom. The van der Waals surface area contributed by atoms with Gasteiger partial charge in [0.1, 0.15) is 5.56 Å². The second kappa shape index (κ2) is 10.2. The molecule has 0 aliphatic rings. The highest BCUT2D eigenvalue weighted by Gasteiger charge is 2.30. The van der Waals surface area contributed by atoms with Crippen molar-refractivity contribution in [1.29, 1.82) is 0 Å². The van der Waals surface area contributed by atoms with Crippen LogP contribution in [0.15, 0.2) is 42.5 Å². The van der Waals surface area contributed by atoms with Gasteiger partial charge in [0.2, 0.25) is 0 Å². The molecule has 0 N–H and O–H groups in total. The highest BCUT2D eigenvalue weighted by Crippen LogP contribution is 2.35. The van der Waals surface area contributed by atoms with Gasteiger partial charge in [-0.2, -0.15) is 0 Å². The van der Waals surface area contributed by atoms with Crippen LogP contribution in [0, 0.1) is 10.1 Å². The summed E-state index contributed by atoms with van der Waals surface area (Å²) in [5.74, 6) is -1.17. The predicted molar refractivity (Wildman–Crippen MR) is 110 cm³/mol. The Morgan fingerprint density at radius 3 is 2.33 bits per heavy atom. The molecule has 0 heterocycles. The van der Waals surface area contributed by atoms with Gasteiger partial charge in [-0.3, -0.25) is 14.9 Å². The summed E-state index contributed by atoms with van der Waals surface area (Å²) in [6.45, 7) is 5.55. The molecule has 0 unspecified atom stereocenters. The summed E-state index contributed by atoms with van der Waals surface area (Å²) >= 11 is 0. The van der Waals surface area contributed by atoms with E-state index in [9.17, 15) is 19.7 Å². The van der Waals surface area contributed by atoms with Gasteiger partial charge in [-0.1, -0.05) is 18.2 Å². The molecular formula is C21H24N2O7. The first-order valence-electron chi connectivity index (χ1n) is 9.40. The minimum Gasteiger partial charge on any atom is -0.493 e. The van der Waals surface area contributed by atoms with Gasteiger partial charge in [0.15, 0.2) is 17.6 Å². The first-order chi connectivity index (χ1) is 14.3. The molecule has 2 aromatic rings. The van der Waals surface area contributed by atoms with E-state index < -0.39 is 28.6 Å². The van der Waals surface area contributed by atoms with Crippen molar-refractivity contribution in [3.8, 4) is 11.5 Å². The summed E-state index contributed by atoms with van der Waals surface area (Å²) in [6.07, 6.45) is -1.16. The SMILES string of the molecule is CCOc1cc([N+](=O)[O-])c(C(=O)O[C@H](C)C(=O)N(CC)c2ccccc2)cc1OC. The van der Waals surface area contributed by atoms with Crippen LogP contribution in [0.2, 0.25) is 0 Å². The van der Waals surface area contributed by atoms with Crippen LogP contribution in [0.1, 0.15) is 31.1 Å². The van der Waals surface area contributed by atoms with Gasteiger partial charge in [0.05, 0.1) is 24.7 Å². The number of nitrogens with zero attached hydrogens (tertiary/aromatic N) is 2. The number of anilines is 1. The molecule has 0 radical (unpaired) electrons. The molecule has 0 spiro atoms. The van der Waals surface area contributed by atoms with E-state index in [1.54, 1.807) is 38.1 Å². The van der Waals surface area contributed by atoms with E-state index in [0.717, 1.165) is 6.07 Å². The lowest BCUT2D eigenvalue weighted by Crippen LogP contribution is -2.40. The Labute approximate surface area is 174 Å². The fraction of sp³-hybridized carbons (Fsp3) is 0.333. The Morgan fingerprint density at radius 1 is 1.13 bits per heavy atom. The molecule has 0 saturated carbocycles. The first-order valence-corrected chi connectivity index (χ1v) is 9.40. The van der Waals surface area contributed by atoms with E-state index >= 15 is 0 Å². The Bertz CT molecular complexity index is 915. The smallest absolute Gasteiger partial charge is 0.346 e. The summed E-state index contributed by atoms with van der Waals surface area (Å²) in [5, 5.41) is 11.5. The summed E-state index contributed by atoms with van der Waals surface area (Å²) in [6, 6.07) is 11.2. The number of esters is 1. The number of rotatable bonds is 9. The number of nitro benzene ring substituents is 1. The molecule has 2 aromatic carbocycles. The molecule has 2 rings (SSSR count). The van der Waals surface area contributed by atoms with Crippen molar-refractivity contribution >= 4 is 23.3 Å². The molecule has 9 heteroatoms. The standard InChI is InChI=1S/C21H24N2O7/c1-5-22(15-10-8-7-9-11-15)20(24)14(3)30-21(25)16-12-18(28-4)19(29-6-2)13-17(16)23(26)27/h7-14H,5-6H2,1-4H3/t14-/m1/s1. The van der Waals surface area contributed by atoms with Crippen LogP contribution in [0.4, 0.5) is 11.4 Å². The number of likely N-dealkylation sites (N-methyl/N-ethyl adjacent to an activating group) is 1. The zero-order valence-corrected chi connectivity index (χ0v) is 17.3. The molecule has 0 aromatic heterocycles. The van der Waals surface area contributed by atoms with E-state index in [1.165, 1.54) is 25.0 Å². The number of ether oxygens (including phenoxy) is 3. The van der Waals surface area contributed by atoms with E-state index in [2.05, 4.69) is 0 Å².